The number of amides is 1. The summed E-state index contributed by atoms with van der Waals surface area (Å²) in [6.07, 6.45) is -10.1. The smallest absolute Gasteiger partial charge is 0.416 e. The highest BCUT2D eigenvalue weighted by Gasteiger charge is 2.37. The van der Waals surface area contributed by atoms with Crippen molar-refractivity contribution >= 4 is 22.9 Å². The van der Waals surface area contributed by atoms with Crippen LogP contribution >= 0.6 is 11.3 Å². The molecule has 0 bridgehead atoms. The minimum atomic E-state index is -5.05. The average molecular weight is 536 g/mol. The van der Waals surface area contributed by atoms with Gasteiger partial charge in [0.25, 0.3) is 5.91 Å². The summed E-state index contributed by atoms with van der Waals surface area (Å²) in [5.74, 6) is -0.843. The zero-order chi connectivity index (χ0) is 26.8. The van der Waals surface area contributed by atoms with Crippen LogP contribution in [0.5, 0.6) is 5.75 Å². The number of aryl methyl sites for hydroxylation is 1. The van der Waals surface area contributed by atoms with Crippen LogP contribution in [0.25, 0.3) is 11.3 Å². The number of nitrogens with one attached hydrogen (secondary N) is 1. The first-order chi connectivity index (χ1) is 17.4. The summed E-state index contributed by atoms with van der Waals surface area (Å²) in [7, 11) is 0. The molecule has 4 aromatic rings. The largest absolute Gasteiger partial charge is 0.488 e. The summed E-state index contributed by atoms with van der Waals surface area (Å²) in [6, 6.07) is 14.5. The second kappa shape index (κ2) is 10.3. The summed E-state index contributed by atoms with van der Waals surface area (Å²) >= 11 is 1.38. The van der Waals surface area contributed by atoms with Crippen LogP contribution in [0.15, 0.2) is 72.1 Å². The van der Waals surface area contributed by atoms with Gasteiger partial charge in [-0.25, -0.2) is 4.98 Å². The molecule has 0 saturated heterocycles. The summed E-state index contributed by atoms with van der Waals surface area (Å²) in [5.41, 5.74) is -1.93. The number of carbonyl (C=O) groups is 1. The van der Waals surface area contributed by atoms with Crippen LogP contribution in [0.2, 0.25) is 0 Å². The van der Waals surface area contributed by atoms with Crippen LogP contribution < -0.4 is 10.1 Å². The molecule has 3 aromatic carbocycles. The number of hydrogen-bond acceptors (Lipinski definition) is 4. The van der Waals surface area contributed by atoms with Gasteiger partial charge >= 0.3 is 12.4 Å². The van der Waals surface area contributed by atoms with Gasteiger partial charge in [0.05, 0.1) is 27.4 Å². The third-order valence-corrected chi connectivity index (χ3v) is 6.00. The Balaban J connectivity index is 1.71. The lowest BCUT2D eigenvalue weighted by Gasteiger charge is -2.16. The Bertz CT molecular complexity index is 1380. The Morgan fingerprint density at radius 1 is 0.919 bits per heavy atom. The highest BCUT2D eigenvalue weighted by atomic mass is 32.1. The fourth-order valence-electron chi connectivity index (χ4n) is 3.45. The number of nitrogens with zero attached hydrogens (tertiary/aromatic N) is 1. The quantitative estimate of drug-likeness (QED) is 0.254. The molecule has 0 radical (unpaired) electrons. The van der Waals surface area contributed by atoms with Crippen molar-refractivity contribution in [3.8, 4) is 17.0 Å². The number of hydrogen-bond donors (Lipinski definition) is 1. The van der Waals surface area contributed by atoms with Gasteiger partial charge in [0.15, 0.2) is 0 Å². The van der Waals surface area contributed by atoms with E-state index in [-0.39, 0.29) is 24.0 Å². The van der Waals surface area contributed by atoms with Crippen LogP contribution in [-0.4, -0.2) is 10.9 Å². The number of thiazole rings is 1. The van der Waals surface area contributed by atoms with E-state index >= 15 is 0 Å². The fourth-order valence-corrected chi connectivity index (χ4v) is 4.07. The number of carbonyl (C=O) groups excluding carboxylic acids is 1. The lowest BCUT2D eigenvalue weighted by Crippen LogP contribution is -2.17. The molecule has 0 atom stereocenters. The molecule has 4 rings (SSSR count). The zero-order valence-corrected chi connectivity index (χ0v) is 19.9. The third-order valence-electron chi connectivity index (χ3n) is 5.22. The zero-order valence-electron chi connectivity index (χ0n) is 19.1. The van der Waals surface area contributed by atoms with Crippen molar-refractivity contribution in [2.45, 2.75) is 25.9 Å². The van der Waals surface area contributed by atoms with E-state index in [1.165, 1.54) is 23.5 Å². The number of ether oxygens (including phenoxy) is 1. The Hall–Kier alpha value is -3.86. The maximum absolute atomic E-state index is 13.3. The van der Waals surface area contributed by atoms with Crippen molar-refractivity contribution in [2.24, 2.45) is 0 Å². The van der Waals surface area contributed by atoms with E-state index in [0.717, 1.165) is 10.6 Å². The molecule has 4 nitrogen and oxygen atoms in total. The molecule has 0 fully saturated rings. The van der Waals surface area contributed by atoms with Gasteiger partial charge in [-0.1, -0.05) is 30.3 Å². The van der Waals surface area contributed by atoms with Gasteiger partial charge in [-0.2, -0.15) is 26.3 Å². The Kier molecular flexibility index (Phi) is 7.26. The summed E-state index contributed by atoms with van der Waals surface area (Å²) in [5, 5.41) is 4.70. The second-order valence-corrected chi connectivity index (χ2v) is 9.05. The number of aromatic nitrogens is 1. The van der Waals surface area contributed by atoms with E-state index in [2.05, 4.69) is 10.3 Å². The van der Waals surface area contributed by atoms with E-state index in [0.29, 0.717) is 23.4 Å². The molecule has 0 unspecified atom stereocenters. The van der Waals surface area contributed by atoms with Crippen molar-refractivity contribution in [3.63, 3.8) is 0 Å². The van der Waals surface area contributed by atoms with Crippen molar-refractivity contribution in [2.75, 3.05) is 5.32 Å². The number of anilines is 1. The molecular formula is C26H18F6N2O2S. The minimum Gasteiger partial charge on any atom is -0.488 e. The Morgan fingerprint density at radius 3 is 2.14 bits per heavy atom. The van der Waals surface area contributed by atoms with Crippen molar-refractivity contribution < 1.29 is 35.9 Å². The van der Waals surface area contributed by atoms with Crippen molar-refractivity contribution in [1.29, 1.82) is 0 Å². The lowest BCUT2D eigenvalue weighted by molar-refractivity contribution is -0.143. The van der Waals surface area contributed by atoms with Crippen LogP contribution in [0.3, 0.4) is 0 Å². The molecule has 0 spiro atoms. The van der Waals surface area contributed by atoms with Gasteiger partial charge in [0, 0.05) is 16.6 Å². The van der Waals surface area contributed by atoms with E-state index in [9.17, 15) is 31.1 Å². The first-order valence-corrected chi connectivity index (χ1v) is 11.6. The maximum atomic E-state index is 13.3. The molecule has 1 N–H and O–H groups in total. The Labute approximate surface area is 211 Å². The average Bonchev–Trinajstić information content (AvgIpc) is 3.28. The summed E-state index contributed by atoms with van der Waals surface area (Å²) in [4.78, 5) is 17.5. The fraction of sp³-hybridized carbons (Fsp3) is 0.154. The topological polar surface area (TPSA) is 51.2 Å². The highest BCUT2D eigenvalue weighted by Crippen LogP contribution is 2.38. The molecule has 11 heteroatoms. The monoisotopic (exact) mass is 536 g/mol. The lowest BCUT2D eigenvalue weighted by atomic mass is 10.1. The minimum absolute atomic E-state index is 0.00471. The van der Waals surface area contributed by atoms with Gasteiger partial charge in [-0.3, -0.25) is 4.79 Å². The second-order valence-electron chi connectivity index (χ2n) is 7.99. The third kappa shape index (κ3) is 6.48. The normalized spacial score (nSPS) is 11.9. The molecule has 37 heavy (non-hydrogen) atoms. The van der Waals surface area contributed by atoms with Crippen LogP contribution in [-0.2, 0) is 19.0 Å². The first-order valence-electron chi connectivity index (χ1n) is 10.7. The van der Waals surface area contributed by atoms with E-state index in [1.54, 1.807) is 42.6 Å². The molecule has 0 aliphatic carbocycles. The van der Waals surface area contributed by atoms with Gasteiger partial charge < -0.3 is 10.1 Å². The van der Waals surface area contributed by atoms with Crippen molar-refractivity contribution in [1.82, 2.24) is 4.98 Å². The number of halogens is 6. The molecule has 0 aliphatic rings. The summed E-state index contributed by atoms with van der Waals surface area (Å²) in [6.45, 7) is 1.88. The molecule has 1 heterocycles. The standard InChI is InChI=1S/C26H18F6N2O2S/c1-15-33-22(14-37-15)17-7-8-23(36-13-16-5-3-2-4-6-16)21(9-17)24(35)34-20-11-18(25(27,28)29)10-19(12-20)26(30,31)32/h2-12,14H,13H2,1H3,(H,34,35). The van der Waals surface area contributed by atoms with Crippen LogP contribution in [0.1, 0.15) is 32.1 Å². The van der Waals surface area contributed by atoms with E-state index in [1.807, 2.05) is 6.07 Å². The SMILES string of the molecule is Cc1nc(-c2ccc(OCc3ccccc3)c(C(=O)Nc3cc(C(F)(F)F)cc(C(F)(F)F)c3)c2)cs1. The van der Waals surface area contributed by atoms with Crippen LogP contribution in [0.4, 0.5) is 32.0 Å². The van der Waals surface area contributed by atoms with Gasteiger partial charge in [0.1, 0.15) is 12.4 Å². The van der Waals surface area contributed by atoms with E-state index in [4.69, 9.17) is 4.74 Å². The Morgan fingerprint density at radius 2 is 1.57 bits per heavy atom. The number of benzene rings is 3. The molecule has 1 amide bonds. The van der Waals surface area contributed by atoms with Crippen molar-refractivity contribution in [3.05, 3.63) is 99.4 Å². The molecule has 192 valence electrons. The number of rotatable bonds is 6. The molecule has 0 saturated carbocycles. The van der Waals surface area contributed by atoms with Gasteiger partial charge in [-0.05, 0) is 48.9 Å². The van der Waals surface area contributed by atoms with Gasteiger partial charge in [-0.15, -0.1) is 11.3 Å². The van der Waals surface area contributed by atoms with E-state index < -0.39 is 35.1 Å². The predicted molar refractivity (Wildman–Crippen MR) is 127 cm³/mol. The predicted octanol–water partition coefficient (Wildman–Crippen LogP) is 7.99. The molecule has 0 aliphatic heterocycles. The first kappa shape index (κ1) is 26.2. The maximum Gasteiger partial charge on any atom is 0.416 e. The molecule has 1 aromatic heterocycles. The molecular weight excluding hydrogens is 518 g/mol. The number of alkyl halides is 6. The highest BCUT2D eigenvalue weighted by molar-refractivity contribution is 7.09. The van der Waals surface area contributed by atoms with Crippen LogP contribution in [0, 0.1) is 6.92 Å². The van der Waals surface area contributed by atoms with Gasteiger partial charge in [0.2, 0.25) is 0 Å². The summed E-state index contributed by atoms with van der Waals surface area (Å²) < 4.78 is 85.3.